The van der Waals surface area contributed by atoms with Crippen LogP contribution in [0, 0.1) is 6.92 Å². The van der Waals surface area contributed by atoms with Gasteiger partial charge in [-0.15, -0.1) is 0 Å². The van der Waals surface area contributed by atoms with E-state index in [9.17, 15) is 0 Å². The first-order valence-corrected chi connectivity index (χ1v) is 11.8. The summed E-state index contributed by atoms with van der Waals surface area (Å²) in [5.41, 5.74) is 7.47. The van der Waals surface area contributed by atoms with Crippen LogP contribution in [0.4, 0.5) is 0 Å². The molecule has 0 atom stereocenters. The molecule has 0 bridgehead atoms. The number of para-hydroxylation sites is 2. The summed E-state index contributed by atoms with van der Waals surface area (Å²) < 4.78 is 2.37. The minimum Gasteiger partial charge on any atom is -0.309 e. The lowest BCUT2D eigenvalue weighted by Crippen LogP contribution is -1.94. The molecule has 0 aliphatic carbocycles. The highest BCUT2D eigenvalue weighted by Gasteiger charge is 2.11. The first-order chi connectivity index (χ1) is 15.6. The predicted molar refractivity (Wildman–Crippen MR) is 143 cm³/mol. The molecule has 0 amide bonds. The van der Waals surface area contributed by atoms with E-state index in [1.807, 2.05) is 0 Å². The van der Waals surface area contributed by atoms with Crippen molar-refractivity contribution in [3.05, 3.63) is 103 Å². The Labute approximate surface area is 193 Å². The molecule has 1 heterocycles. The van der Waals surface area contributed by atoms with Crippen molar-refractivity contribution < 1.29 is 0 Å². The molecule has 32 heavy (non-hydrogen) atoms. The maximum atomic E-state index is 2.37. The van der Waals surface area contributed by atoms with E-state index >= 15 is 0 Å². The lowest BCUT2D eigenvalue weighted by atomic mass is 10.0. The Morgan fingerprint density at radius 3 is 1.53 bits per heavy atom. The summed E-state index contributed by atoms with van der Waals surface area (Å²) in [5.74, 6) is 0. The number of nitrogens with zero attached hydrogens (tertiary/aromatic N) is 1. The fourth-order valence-corrected chi connectivity index (χ4v) is 3.85. The first kappa shape index (κ1) is 23.3. The van der Waals surface area contributed by atoms with Gasteiger partial charge in [0.15, 0.2) is 0 Å². The standard InChI is InChI=1S/C25H19N.2C3H8/c1-18-8-6-9-19(16-18)20-10-7-11-21(17-20)26-24-14-4-2-12-22(24)23-13-3-5-15-25(23)26;2*1-3-2/h2-17H,1H3;2*3H2,1-2H3. The van der Waals surface area contributed by atoms with Crippen molar-refractivity contribution in [2.24, 2.45) is 0 Å². The van der Waals surface area contributed by atoms with Gasteiger partial charge in [-0.2, -0.15) is 0 Å². The van der Waals surface area contributed by atoms with Crippen LogP contribution in [0.15, 0.2) is 97.1 Å². The Hall–Kier alpha value is -3.32. The molecule has 1 nitrogen and oxygen atoms in total. The zero-order chi connectivity index (χ0) is 22.9. The van der Waals surface area contributed by atoms with Crippen LogP contribution < -0.4 is 0 Å². The molecule has 5 rings (SSSR count). The Morgan fingerprint density at radius 2 is 1.00 bits per heavy atom. The average molecular weight is 422 g/mol. The van der Waals surface area contributed by atoms with E-state index in [-0.39, 0.29) is 0 Å². The minimum atomic E-state index is 1.20. The quantitative estimate of drug-likeness (QED) is 0.267. The lowest BCUT2D eigenvalue weighted by Gasteiger charge is -2.10. The molecule has 0 saturated heterocycles. The Morgan fingerprint density at radius 1 is 0.531 bits per heavy atom. The predicted octanol–water partition coefficient (Wildman–Crippen LogP) is 9.59. The van der Waals surface area contributed by atoms with Gasteiger partial charge in [0.25, 0.3) is 0 Å². The Bertz CT molecular complexity index is 1220. The van der Waals surface area contributed by atoms with E-state index in [0.717, 1.165) is 0 Å². The molecule has 0 fully saturated rings. The maximum Gasteiger partial charge on any atom is 0.0541 e. The molecular formula is C31H35N. The Kier molecular flexibility index (Phi) is 8.27. The SMILES string of the molecule is CCC.CCC.Cc1cccc(-c2cccc(-n3c4ccccc4c4ccccc43)c2)c1. The summed E-state index contributed by atoms with van der Waals surface area (Å²) in [5, 5.41) is 2.59. The molecule has 0 radical (unpaired) electrons. The maximum absolute atomic E-state index is 2.37. The van der Waals surface area contributed by atoms with E-state index in [4.69, 9.17) is 0 Å². The second-order valence-corrected chi connectivity index (χ2v) is 8.20. The van der Waals surface area contributed by atoms with Gasteiger partial charge < -0.3 is 4.57 Å². The van der Waals surface area contributed by atoms with Gasteiger partial charge in [-0.1, -0.05) is 119 Å². The van der Waals surface area contributed by atoms with Crippen molar-refractivity contribution in [1.82, 2.24) is 4.57 Å². The summed E-state index contributed by atoms with van der Waals surface area (Å²) in [7, 11) is 0. The second kappa shape index (κ2) is 11.3. The molecule has 0 saturated carbocycles. The van der Waals surface area contributed by atoms with Gasteiger partial charge in [0.2, 0.25) is 0 Å². The number of aryl methyl sites for hydroxylation is 1. The molecule has 1 aromatic heterocycles. The highest BCUT2D eigenvalue weighted by atomic mass is 15.0. The number of rotatable bonds is 2. The van der Waals surface area contributed by atoms with E-state index in [2.05, 4.69) is 136 Å². The lowest BCUT2D eigenvalue weighted by molar-refractivity contribution is 1.09. The number of aromatic nitrogens is 1. The van der Waals surface area contributed by atoms with Crippen LogP contribution in [0.2, 0.25) is 0 Å². The van der Waals surface area contributed by atoms with Gasteiger partial charge in [-0.3, -0.25) is 0 Å². The van der Waals surface area contributed by atoms with Crippen molar-refractivity contribution in [3.8, 4) is 16.8 Å². The van der Waals surface area contributed by atoms with Crippen LogP contribution in [0.25, 0.3) is 38.6 Å². The van der Waals surface area contributed by atoms with Gasteiger partial charge in [0.05, 0.1) is 11.0 Å². The normalized spacial score (nSPS) is 10.3. The van der Waals surface area contributed by atoms with Crippen LogP contribution in [-0.2, 0) is 0 Å². The molecule has 0 aliphatic rings. The molecule has 0 spiro atoms. The highest BCUT2D eigenvalue weighted by molar-refractivity contribution is 6.09. The van der Waals surface area contributed by atoms with Crippen LogP contribution in [0.5, 0.6) is 0 Å². The van der Waals surface area contributed by atoms with Crippen molar-refractivity contribution in [2.45, 2.75) is 47.5 Å². The van der Waals surface area contributed by atoms with Crippen LogP contribution in [0.3, 0.4) is 0 Å². The molecular weight excluding hydrogens is 386 g/mol. The smallest absolute Gasteiger partial charge is 0.0541 e. The third kappa shape index (κ3) is 5.11. The fourth-order valence-electron chi connectivity index (χ4n) is 3.85. The molecule has 0 aliphatic heterocycles. The van der Waals surface area contributed by atoms with Gasteiger partial charge in [-0.25, -0.2) is 0 Å². The van der Waals surface area contributed by atoms with E-state index in [1.165, 1.54) is 57.0 Å². The minimum absolute atomic E-state index is 1.20. The summed E-state index contributed by atoms with van der Waals surface area (Å²) in [6, 6.07) is 34.8. The van der Waals surface area contributed by atoms with Crippen molar-refractivity contribution >= 4 is 21.8 Å². The van der Waals surface area contributed by atoms with E-state index in [0.29, 0.717) is 0 Å². The van der Waals surface area contributed by atoms with Gasteiger partial charge in [-0.05, 0) is 42.3 Å². The topological polar surface area (TPSA) is 4.93 Å². The van der Waals surface area contributed by atoms with Gasteiger partial charge in [0, 0.05) is 16.5 Å². The second-order valence-electron chi connectivity index (χ2n) is 8.20. The first-order valence-electron chi connectivity index (χ1n) is 11.8. The average Bonchev–Trinajstić information content (AvgIpc) is 3.15. The number of hydrogen-bond donors (Lipinski definition) is 0. The fraction of sp³-hybridized carbons (Fsp3) is 0.226. The third-order valence-corrected chi connectivity index (χ3v) is 5.04. The van der Waals surface area contributed by atoms with Crippen LogP contribution >= 0.6 is 0 Å². The zero-order valence-corrected chi connectivity index (χ0v) is 20.1. The van der Waals surface area contributed by atoms with E-state index < -0.39 is 0 Å². The largest absolute Gasteiger partial charge is 0.309 e. The molecule has 5 aromatic rings. The van der Waals surface area contributed by atoms with E-state index in [1.54, 1.807) is 0 Å². The van der Waals surface area contributed by atoms with Crippen LogP contribution in [-0.4, -0.2) is 4.57 Å². The Balaban J connectivity index is 0.000000437. The van der Waals surface area contributed by atoms with Crippen LogP contribution in [0.1, 0.15) is 46.1 Å². The summed E-state index contributed by atoms with van der Waals surface area (Å²) in [6.45, 7) is 10.6. The van der Waals surface area contributed by atoms with Gasteiger partial charge in [0.1, 0.15) is 0 Å². The highest BCUT2D eigenvalue weighted by Crippen LogP contribution is 2.33. The molecule has 0 unspecified atom stereocenters. The van der Waals surface area contributed by atoms with Crippen molar-refractivity contribution in [1.29, 1.82) is 0 Å². The van der Waals surface area contributed by atoms with Gasteiger partial charge >= 0.3 is 0 Å². The summed E-state index contributed by atoms with van der Waals surface area (Å²) in [6.07, 6.45) is 2.50. The molecule has 4 aromatic carbocycles. The molecule has 164 valence electrons. The molecule has 1 heteroatoms. The number of hydrogen-bond acceptors (Lipinski definition) is 0. The zero-order valence-electron chi connectivity index (χ0n) is 20.1. The number of fused-ring (bicyclic) bond motifs is 3. The van der Waals surface area contributed by atoms with Crippen molar-refractivity contribution in [3.63, 3.8) is 0 Å². The van der Waals surface area contributed by atoms with Crippen molar-refractivity contribution in [2.75, 3.05) is 0 Å². The summed E-state index contributed by atoms with van der Waals surface area (Å²) in [4.78, 5) is 0. The molecule has 0 N–H and O–H groups in total. The third-order valence-electron chi connectivity index (χ3n) is 5.04. The number of benzene rings is 4. The monoisotopic (exact) mass is 421 g/mol. The summed E-state index contributed by atoms with van der Waals surface area (Å²) >= 11 is 0.